The van der Waals surface area contributed by atoms with Gasteiger partial charge in [-0.15, -0.1) is 11.3 Å². The fourth-order valence-corrected chi connectivity index (χ4v) is 3.52. The molecule has 0 spiro atoms. The van der Waals surface area contributed by atoms with Crippen LogP contribution in [0, 0.1) is 0 Å². The number of hydrogen-bond acceptors (Lipinski definition) is 5. The minimum Gasteiger partial charge on any atom is -0.351 e. The van der Waals surface area contributed by atoms with Crippen LogP contribution in [-0.4, -0.2) is 41.3 Å². The highest BCUT2D eigenvalue weighted by Crippen LogP contribution is 2.30. The molecule has 1 aromatic heterocycles. The van der Waals surface area contributed by atoms with Crippen LogP contribution < -0.4 is 10.6 Å². The normalized spacial score (nSPS) is 14.4. The lowest BCUT2D eigenvalue weighted by atomic mass is 10.2. The van der Waals surface area contributed by atoms with E-state index >= 15 is 0 Å². The first-order chi connectivity index (χ1) is 13.3. The van der Waals surface area contributed by atoms with Gasteiger partial charge in [0.1, 0.15) is 5.69 Å². The van der Waals surface area contributed by atoms with Gasteiger partial charge in [0.25, 0.3) is 5.91 Å². The van der Waals surface area contributed by atoms with E-state index in [1.165, 1.54) is 23.5 Å². The molecule has 0 bridgehead atoms. The van der Waals surface area contributed by atoms with E-state index in [0.717, 1.165) is 25.1 Å². The Hall–Kier alpha value is -2.62. The SMILES string of the molecule is O=C(NCCCN1CCCC1=O)c1csc(Nc2ccc(C(F)(F)F)cc2)n1. The van der Waals surface area contributed by atoms with Gasteiger partial charge in [-0.1, -0.05) is 0 Å². The summed E-state index contributed by atoms with van der Waals surface area (Å²) in [7, 11) is 0. The molecule has 0 atom stereocenters. The molecule has 0 radical (unpaired) electrons. The number of carbonyl (C=O) groups is 2. The lowest BCUT2D eigenvalue weighted by Gasteiger charge is -2.15. The quantitative estimate of drug-likeness (QED) is 0.681. The third kappa shape index (κ3) is 5.22. The van der Waals surface area contributed by atoms with E-state index in [1.807, 2.05) is 0 Å². The molecule has 28 heavy (non-hydrogen) atoms. The fourth-order valence-electron chi connectivity index (χ4n) is 2.80. The van der Waals surface area contributed by atoms with Crippen LogP contribution >= 0.6 is 11.3 Å². The second-order valence-corrected chi connectivity index (χ2v) is 7.19. The molecule has 150 valence electrons. The summed E-state index contributed by atoms with van der Waals surface area (Å²) in [4.78, 5) is 29.6. The minimum absolute atomic E-state index is 0.157. The van der Waals surface area contributed by atoms with Crippen molar-refractivity contribution in [2.75, 3.05) is 25.0 Å². The molecule has 3 rings (SSSR count). The Morgan fingerprint density at radius 1 is 1.25 bits per heavy atom. The fraction of sp³-hybridized carbons (Fsp3) is 0.389. The zero-order valence-corrected chi connectivity index (χ0v) is 15.7. The smallest absolute Gasteiger partial charge is 0.351 e. The van der Waals surface area contributed by atoms with Crippen molar-refractivity contribution in [1.82, 2.24) is 15.2 Å². The number of nitrogens with one attached hydrogen (secondary N) is 2. The lowest BCUT2D eigenvalue weighted by Crippen LogP contribution is -2.30. The van der Waals surface area contributed by atoms with Crippen LogP contribution in [0.15, 0.2) is 29.6 Å². The molecule has 1 aromatic carbocycles. The molecule has 1 saturated heterocycles. The number of rotatable bonds is 7. The second kappa shape index (κ2) is 8.59. The number of halogens is 3. The molecule has 10 heteroatoms. The number of alkyl halides is 3. The average Bonchev–Trinajstić information content (AvgIpc) is 3.27. The molecular weight excluding hydrogens is 393 g/mol. The summed E-state index contributed by atoms with van der Waals surface area (Å²) in [6.07, 6.45) is -2.23. The van der Waals surface area contributed by atoms with Gasteiger partial charge in [0.2, 0.25) is 5.91 Å². The van der Waals surface area contributed by atoms with Gasteiger partial charge < -0.3 is 15.5 Å². The van der Waals surface area contributed by atoms with E-state index in [9.17, 15) is 22.8 Å². The Morgan fingerprint density at radius 2 is 2.00 bits per heavy atom. The topological polar surface area (TPSA) is 74.3 Å². The molecule has 1 aliphatic heterocycles. The largest absolute Gasteiger partial charge is 0.416 e. The maximum atomic E-state index is 12.6. The number of aromatic nitrogens is 1. The standard InChI is InChI=1S/C18H19F3N4O2S/c19-18(20,21)12-4-6-13(7-5-12)23-17-24-14(11-28-17)16(27)22-8-2-10-25-9-1-3-15(25)26/h4-7,11H,1-3,8-10H2,(H,22,27)(H,23,24). The first kappa shape index (κ1) is 20.1. The van der Waals surface area contributed by atoms with Gasteiger partial charge in [-0.2, -0.15) is 13.2 Å². The summed E-state index contributed by atoms with van der Waals surface area (Å²) in [5.41, 5.74) is -0.0471. The number of benzene rings is 1. The predicted octanol–water partition coefficient (Wildman–Crippen LogP) is 3.65. The average molecular weight is 412 g/mol. The summed E-state index contributed by atoms with van der Waals surface area (Å²) in [6, 6.07) is 4.58. The molecule has 0 saturated carbocycles. The van der Waals surface area contributed by atoms with E-state index in [-0.39, 0.29) is 17.5 Å². The molecule has 6 nitrogen and oxygen atoms in total. The summed E-state index contributed by atoms with van der Waals surface area (Å²) < 4.78 is 37.7. The van der Waals surface area contributed by atoms with E-state index in [2.05, 4.69) is 15.6 Å². The molecule has 2 heterocycles. The molecule has 2 amide bonds. The number of amides is 2. The summed E-state index contributed by atoms with van der Waals surface area (Å²) in [5, 5.41) is 7.62. The van der Waals surface area contributed by atoms with E-state index in [0.29, 0.717) is 36.8 Å². The first-order valence-corrected chi connectivity index (χ1v) is 9.67. The zero-order valence-electron chi connectivity index (χ0n) is 14.9. The molecular formula is C18H19F3N4O2S. The number of hydrogen-bond donors (Lipinski definition) is 2. The molecule has 2 N–H and O–H groups in total. The van der Waals surface area contributed by atoms with Crippen molar-refractivity contribution in [3.8, 4) is 0 Å². The molecule has 0 aliphatic carbocycles. The Bertz CT molecular complexity index is 836. The van der Waals surface area contributed by atoms with Gasteiger partial charge in [0.15, 0.2) is 5.13 Å². The molecule has 1 aliphatic rings. The highest BCUT2D eigenvalue weighted by molar-refractivity contribution is 7.14. The number of thiazole rings is 1. The van der Waals surface area contributed by atoms with Gasteiger partial charge in [-0.25, -0.2) is 4.98 Å². The van der Waals surface area contributed by atoms with Crippen LogP contribution in [0.1, 0.15) is 35.3 Å². The summed E-state index contributed by atoms with van der Waals surface area (Å²) in [5.74, 6) is -0.172. The van der Waals surface area contributed by atoms with Crippen LogP contribution in [0.3, 0.4) is 0 Å². The van der Waals surface area contributed by atoms with Gasteiger partial charge in [0, 0.05) is 37.1 Å². The van der Waals surface area contributed by atoms with E-state index in [4.69, 9.17) is 0 Å². The number of anilines is 2. The highest BCUT2D eigenvalue weighted by atomic mass is 32.1. The Morgan fingerprint density at radius 3 is 2.64 bits per heavy atom. The molecule has 1 fully saturated rings. The van der Waals surface area contributed by atoms with Gasteiger partial charge in [0.05, 0.1) is 5.56 Å². The Labute approximate surface area is 163 Å². The summed E-state index contributed by atoms with van der Waals surface area (Å²) in [6.45, 7) is 1.83. The lowest BCUT2D eigenvalue weighted by molar-refractivity contribution is -0.137. The van der Waals surface area contributed by atoms with Crippen LogP contribution in [-0.2, 0) is 11.0 Å². The molecule has 0 unspecified atom stereocenters. The van der Waals surface area contributed by atoms with Gasteiger partial charge in [-0.3, -0.25) is 9.59 Å². The van der Waals surface area contributed by atoms with E-state index < -0.39 is 11.7 Å². The van der Waals surface area contributed by atoms with Crippen molar-refractivity contribution in [3.63, 3.8) is 0 Å². The van der Waals surface area contributed by atoms with Crippen molar-refractivity contribution in [2.24, 2.45) is 0 Å². The van der Waals surface area contributed by atoms with Crippen molar-refractivity contribution in [1.29, 1.82) is 0 Å². The van der Waals surface area contributed by atoms with Gasteiger partial charge in [-0.05, 0) is 37.1 Å². The zero-order chi connectivity index (χ0) is 20.1. The third-order valence-corrected chi connectivity index (χ3v) is 5.02. The maximum absolute atomic E-state index is 12.6. The number of nitrogens with zero attached hydrogens (tertiary/aromatic N) is 2. The Kier molecular flexibility index (Phi) is 6.18. The van der Waals surface area contributed by atoms with E-state index in [1.54, 1.807) is 10.3 Å². The van der Waals surface area contributed by atoms with Crippen LogP contribution in [0.4, 0.5) is 24.0 Å². The molecule has 2 aromatic rings. The first-order valence-electron chi connectivity index (χ1n) is 8.79. The maximum Gasteiger partial charge on any atom is 0.416 e. The van der Waals surface area contributed by atoms with Crippen molar-refractivity contribution in [3.05, 3.63) is 40.9 Å². The van der Waals surface area contributed by atoms with Crippen LogP contribution in [0.25, 0.3) is 0 Å². The third-order valence-electron chi connectivity index (χ3n) is 4.26. The van der Waals surface area contributed by atoms with Crippen LogP contribution in [0.2, 0.25) is 0 Å². The monoisotopic (exact) mass is 412 g/mol. The second-order valence-electron chi connectivity index (χ2n) is 6.33. The minimum atomic E-state index is -4.38. The Balaban J connectivity index is 1.46. The predicted molar refractivity (Wildman–Crippen MR) is 99.6 cm³/mol. The van der Waals surface area contributed by atoms with Crippen LogP contribution in [0.5, 0.6) is 0 Å². The van der Waals surface area contributed by atoms with Crippen molar-refractivity contribution >= 4 is 34.0 Å². The van der Waals surface area contributed by atoms with Crippen molar-refractivity contribution in [2.45, 2.75) is 25.4 Å². The summed E-state index contributed by atoms with van der Waals surface area (Å²) >= 11 is 1.18. The number of carbonyl (C=O) groups excluding carboxylic acids is 2. The van der Waals surface area contributed by atoms with Crippen molar-refractivity contribution < 1.29 is 22.8 Å². The highest BCUT2D eigenvalue weighted by Gasteiger charge is 2.30. The number of likely N-dealkylation sites (tertiary alicyclic amines) is 1. The van der Waals surface area contributed by atoms with Gasteiger partial charge >= 0.3 is 6.18 Å².